The molecule has 2 atom stereocenters. The Kier molecular flexibility index (Phi) is 19.2. The van der Waals surface area contributed by atoms with Gasteiger partial charge in [-0.2, -0.15) is 0 Å². The van der Waals surface area contributed by atoms with Crippen molar-refractivity contribution >= 4 is 11.8 Å². The van der Waals surface area contributed by atoms with Crippen LogP contribution in [0.3, 0.4) is 0 Å². The third-order valence-corrected chi connectivity index (χ3v) is 9.73. The fourth-order valence-electron chi connectivity index (χ4n) is 5.92. The summed E-state index contributed by atoms with van der Waals surface area (Å²) in [6.07, 6.45) is 13.2. The summed E-state index contributed by atoms with van der Waals surface area (Å²) in [7, 11) is 0. The summed E-state index contributed by atoms with van der Waals surface area (Å²) in [5.74, 6) is 1.29. The van der Waals surface area contributed by atoms with Crippen molar-refractivity contribution in [2.45, 2.75) is 141 Å². The van der Waals surface area contributed by atoms with Gasteiger partial charge in [-0.25, -0.2) is 0 Å². The van der Waals surface area contributed by atoms with Gasteiger partial charge in [0.1, 0.15) is 0 Å². The van der Waals surface area contributed by atoms with Crippen molar-refractivity contribution in [2.24, 2.45) is 5.92 Å². The standard InChI is InChI=1S/C18H23NO.C14H17NO.C7H16.C7H14.5H2/c1-4-8-14(2)11-17-13-19(18(20)15(17)3)12-16-9-6-5-7-10-16;1-10-9-15(14(16)11(10)2)12(3)13-7-5-4-6-8-13;2*1-4-6-7(3)5-2;;;;;/h5-7,9-11H,4,8,12-13H2,1-3H3;4-8,12H,9H2,1-3H3;7H,4-6H2,1-3H3;5H,4,6H2,1-3H3;5*1H/b;;;7-5+;;;;;/i;;;;3*1+1D;2*1+1. The van der Waals surface area contributed by atoms with Gasteiger partial charge in [-0.1, -0.05) is 151 Å². The zero-order chi connectivity index (χ0) is 43.6. The summed E-state index contributed by atoms with van der Waals surface area (Å²) in [4.78, 5) is 28.2. The molecule has 4 nitrogen and oxygen atoms in total. The van der Waals surface area contributed by atoms with E-state index in [1.807, 2.05) is 67.0 Å². The van der Waals surface area contributed by atoms with Crippen molar-refractivity contribution in [3.8, 4) is 0 Å². The first kappa shape index (κ1) is 39.1. The second-order valence-corrected chi connectivity index (χ2v) is 14.1. The minimum absolute atomic E-state index is 0. The molecule has 4 rings (SSSR count). The minimum atomic E-state index is 0. The number of hydrogen-bond donors (Lipinski definition) is 0. The summed E-state index contributed by atoms with van der Waals surface area (Å²) in [6, 6.07) is 20.5. The fourth-order valence-corrected chi connectivity index (χ4v) is 5.92. The molecule has 2 aromatic carbocycles. The van der Waals surface area contributed by atoms with Gasteiger partial charge in [-0.05, 0) is 89.5 Å². The predicted octanol–water partition coefficient (Wildman–Crippen LogP) is 13.8. The van der Waals surface area contributed by atoms with Crippen molar-refractivity contribution < 1.29 is 21.4 Å². The van der Waals surface area contributed by atoms with Crippen LogP contribution in [-0.4, -0.2) is 34.7 Å². The molecule has 0 N–H and O–H groups in total. The summed E-state index contributed by atoms with van der Waals surface area (Å²) in [6.45, 7) is 27.8. The molecule has 2 unspecified atom stereocenters. The van der Waals surface area contributed by atoms with Gasteiger partial charge < -0.3 is 9.80 Å². The van der Waals surface area contributed by atoms with Crippen molar-refractivity contribution in [1.29, 1.82) is 0 Å². The molecule has 0 aromatic heterocycles. The molecule has 0 bridgehead atoms. The number of carbonyl (C=O) groups excluding carboxylic acids is 2. The highest BCUT2D eigenvalue weighted by Crippen LogP contribution is 2.28. The second kappa shape index (κ2) is 24.5. The van der Waals surface area contributed by atoms with E-state index in [-0.39, 0.29) is 20.7 Å². The van der Waals surface area contributed by atoms with E-state index in [2.05, 4.69) is 98.7 Å². The van der Waals surface area contributed by atoms with Gasteiger partial charge in [0.15, 0.2) is 0 Å². The molecular formula is C46H80N2O2. The van der Waals surface area contributed by atoms with Crippen LogP contribution in [0.5, 0.6) is 0 Å². The SMILES string of the molecule is C/C=C(\C)CCC.CC1=C(C)C(=O)N(C(C)c2ccccc2)C1.CCCC(C)=CC1=C(C)C(=O)N(Cc2ccccc2)C1.CCCC(C)CC.[2HH].[2HH].[2H][2H].[2H][2H].[2H][2H]. The molecule has 2 heterocycles. The quantitative estimate of drug-likeness (QED) is 0.207. The van der Waals surface area contributed by atoms with E-state index in [9.17, 15) is 9.59 Å². The van der Waals surface area contributed by atoms with Crippen molar-refractivity contribution in [3.63, 3.8) is 0 Å². The molecule has 0 aliphatic carbocycles. The van der Waals surface area contributed by atoms with Gasteiger partial charge >= 0.3 is 0 Å². The number of amides is 2. The molecule has 286 valence electrons. The van der Waals surface area contributed by atoms with Crippen LogP contribution in [0.15, 0.2) is 106 Å². The van der Waals surface area contributed by atoms with Gasteiger partial charge in [0.05, 0.1) is 6.04 Å². The third-order valence-electron chi connectivity index (χ3n) is 9.73. The Balaban J connectivity index is -0.000000220. The molecule has 0 spiro atoms. The first-order valence-electron chi connectivity index (χ1n) is 22.2. The molecule has 0 saturated heterocycles. The van der Waals surface area contributed by atoms with Gasteiger partial charge in [-0.15, -0.1) is 0 Å². The van der Waals surface area contributed by atoms with Gasteiger partial charge in [-0.3, -0.25) is 9.59 Å². The Morgan fingerprint density at radius 2 is 1.34 bits per heavy atom. The predicted molar refractivity (Wildman–Crippen MR) is 227 cm³/mol. The number of rotatable bonds is 12. The largest absolute Gasteiger partial charge is 0.330 e. The van der Waals surface area contributed by atoms with E-state index >= 15 is 0 Å². The van der Waals surface area contributed by atoms with E-state index in [0.29, 0.717) is 6.54 Å². The van der Waals surface area contributed by atoms with Crippen LogP contribution in [-0.2, 0) is 16.1 Å². The Morgan fingerprint density at radius 1 is 0.780 bits per heavy atom. The van der Waals surface area contributed by atoms with E-state index in [1.165, 1.54) is 65.5 Å². The van der Waals surface area contributed by atoms with Crippen LogP contribution in [0, 0.1) is 5.92 Å². The third kappa shape index (κ3) is 15.5. The van der Waals surface area contributed by atoms with E-state index in [1.54, 1.807) is 0 Å². The van der Waals surface area contributed by atoms with E-state index in [4.69, 9.17) is 8.91 Å². The first-order valence-corrected chi connectivity index (χ1v) is 19.2. The van der Waals surface area contributed by atoms with Crippen LogP contribution < -0.4 is 0 Å². The van der Waals surface area contributed by atoms with Gasteiger partial charge in [0.25, 0.3) is 0 Å². The molecule has 0 fully saturated rings. The maximum absolute atomic E-state index is 12.3. The lowest BCUT2D eigenvalue weighted by Gasteiger charge is -2.25. The Morgan fingerprint density at radius 3 is 1.78 bits per heavy atom. The molecule has 4 heteroatoms. The number of allylic oxidation sites excluding steroid dienone is 3. The van der Waals surface area contributed by atoms with Gasteiger partial charge in [0, 0.05) is 42.5 Å². The zero-order valence-corrected chi connectivity index (χ0v) is 33.9. The lowest BCUT2D eigenvalue weighted by molar-refractivity contribution is -0.127. The van der Waals surface area contributed by atoms with Crippen molar-refractivity contribution in [3.05, 3.63) is 117 Å². The van der Waals surface area contributed by atoms with Crippen LogP contribution in [0.4, 0.5) is 0 Å². The highest BCUT2D eigenvalue weighted by molar-refractivity contribution is 5.97. The van der Waals surface area contributed by atoms with Gasteiger partial charge in [0.2, 0.25) is 11.8 Å². The smallest absolute Gasteiger partial charge is 0.250 e. The van der Waals surface area contributed by atoms with Crippen LogP contribution in [0.2, 0.25) is 0 Å². The molecule has 50 heavy (non-hydrogen) atoms. The maximum Gasteiger partial charge on any atom is 0.250 e. The number of hydrogen-bond acceptors (Lipinski definition) is 2. The Labute approximate surface area is 319 Å². The lowest BCUT2D eigenvalue weighted by Crippen LogP contribution is -2.29. The minimum Gasteiger partial charge on any atom is -0.330 e. The molecule has 2 aliphatic heterocycles. The van der Waals surface area contributed by atoms with Crippen molar-refractivity contribution in [1.82, 2.24) is 9.80 Å². The lowest BCUT2D eigenvalue weighted by atomic mass is 10.0. The van der Waals surface area contributed by atoms with E-state index in [0.717, 1.165) is 43.0 Å². The molecule has 2 aliphatic rings. The summed E-state index contributed by atoms with van der Waals surface area (Å²) >= 11 is 0. The maximum atomic E-state index is 12.3. The van der Waals surface area contributed by atoms with Crippen LogP contribution in [0.1, 0.15) is 157 Å². The average Bonchev–Trinajstić information content (AvgIpc) is 3.65. The number of benzene rings is 2. The Bertz CT molecular complexity index is 1450. The van der Waals surface area contributed by atoms with Crippen LogP contribution >= 0.6 is 0 Å². The van der Waals surface area contributed by atoms with E-state index < -0.39 is 0 Å². The average molecular weight is 701 g/mol. The number of carbonyl (C=O) groups is 2. The summed E-state index contributed by atoms with van der Waals surface area (Å²) in [5.41, 5.74) is 9.41. The molecular weight excluding hydrogens is 613 g/mol. The monoisotopic (exact) mass is 701 g/mol. The Hall–Kier alpha value is -3.66. The number of nitrogens with zero attached hydrogens (tertiary/aromatic N) is 2. The topological polar surface area (TPSA) is 40.6 Å². The second-order valence-electron chi connectivity index (χ2n) is 14.1. The fraction of sp³-hybridized carbons (Fsp3) is 0.522. The molecule has 0 radical (unpaired) electrons. The zero-order valence-electron chi connectivity index (χ0n) is 39.9. The highest BCUT2D eigenvalue weighted by Gasteiger charge is 2.29. The molecule has 2 aromatic rings. The molecule has 0 saturated carbocycles. The van der Waals surface area contributed by atoms with Crippen LogP contribution in [0.25, 0.3) is 0 Å². The summed E-state index contributed by atoms with van der Waals surface area (Å²) in [5, 5.41) is 0. The summed E-state index contributed by atoms with van der Waals surface area (Å²) < 4.78 is 30.0. The molecule has 2 amide bonds. The van der Waals surface area contributed by atoms with Crippen molar-refractivity contribution in [2.75, 3.05) is 13.1 Å². The first-order chi connectivity index (χ1) is 26.8. The normalized spacial score (nSPS) is 16.5. The highest BCUT2D eigenvalue weighted by atomic mass is 16.2.